The lowest BCUT2D eigenvalue weighted by Crippen LogP contribution is -2.37. The molecule has 0 bridgehead atoms. The Morgan fingerprint density at radius 2 is 1.89 bits per heavy atom. The highest BCUT2D eigenvalue weighted by Gasteiger charge is 2.39. The molecule has 0 radical (unpaired) electrons. The summed E-state index contributed by atoms with van der Waals surface area (Å²) in [6.45, 7) is 10.3. The highest BCUT2D eigenvalue weighted by Crippen LogP contribution is 2.33. The zero-order valence-corrected chi connectivity index (χ0v) is 18.5. The molecule has 1 aliphatic rings. The topological polar surface area (TPSA) is 64.4 Å². The lowest BCUT2D eigenvalue weighted by Gasteiger charge is -2.25. The number of nitrogens with zero attached hydrogens (tertiary/aromatic N) is 3. The summed E-state index contributed by atoms with van der Waals surface area (Å²) in [7, 11) is -1.97. The number of benzene rings is 1. The molecule has 28 heavy (non-hydrogen) atoms. The van der Waals surface area contributed by atoms with Crippen molar-refractivity contribution >= 4 is 10.0 Å². The summed E-state index contributed by atoms with van der Waals surface area (Å²) < 4.78 is 36.2. The number of hydrogen-bond acceptors (Lipinski definition) is 4. The van der Waals surface area contributed by atoms with Crippen LogP contribution in [0.25, 0.3) is 0 Å². The first kappa shape index (κ1) is 20.9. The number of methoxy groups -OCH3 is 1. The molecule has 1 aromatic carbocycles. The second-order valence-corrected chi connectivity index (χ2v) is 10.3. The number of aryl methyl sites for hydroxylation is 1. The van der Waals surface area contributed by atoms with Crippen molar-refractivity contribution in [2.24, 2.45) is 0 Å². The largest absolute Gasteiger partial charge is 0.496 e. The number of para-hydroxylation sites is 1. The molecule has 2 heterocycles. The summed E-state index contributed by atoms with van der Waals surface area (Å²) in [5.74, 6) is 0.805. The van der Waals surface area contributed by atoms with Gasteiger partial charge in [-0.05, 0) is 65.5 Å². The Morgan fingerprint density at radius 1 is 1.21 bits per heavy atom. The second-order valence-electron chi connectivity index (χ2n) is 8.51. The van der Waals surface area contributed by atoms with E-state index in [0.29, 0.717) is 29.2 Å². The molecule has 3 rings (SSSR count). The Hall–Kier alpha value is -1.86. The van der Waals surface area contributed by atoms with E-state index in [-0.39, 0.29) is 11.6 Å². The first-order chi connectivity index (χ1) is 13.1. The van der Waals surface area contributed by atoms with Crippen molar-refractivity contribution in [3.63, 3.8) is 0 Å². The smallest absolute Gasteiger partial charge is 0.247 e. The van der Waals surface area contributed by atoms with Crippen molar-refractivity contribution in [2.75, 3.05) is 13.7 Å². The first-order valence-electron chi connectivity index (χ1n) is 9.78. The molecule has 1 saturated heterocycles. The minimum atomic E-state index is -3.62. The Kier molecular flexibility index (Phi) is 5.60. The molecule has 1 aliphatic heterocycles. The van der Waals surface area contributed by atoms with E-state index in [9.17, 15) is 8.42 Å². The van der Waals surface area contributed by atoms with Gasteiger partial charge in [0.15, 0.2) is 0 Å². The molecule has 154 valence electrons. The fourth-order valence-corrected chi connectivity index (χ4v) is 6.28. The van der Waals surface area contributed by atoms with Crippen LogP contribution in [0.5, 0.6) is 5.75 Å². The van der Waals surface area contributed by atoms with Crippen LogP contribution in [0.1, 0.15) is 50.6 Å². The fraction of sp³-hybridized carbons (Fsp3) is 0.571. The van der Waals surface area contributed by atoms with Crippen molar-refractivity contribution in [3.8, 4) is 5.75 Å². The quantitative estimate of drug-likeness (QED) is 0.761. The van der Waals surface area contributed by atoms with Crippen molar-refractivity contribution in [2.45, 2.75) is 70.4 Å². The SMILES string of the molecule is COc1ccccc1CC1CCCN1S(=O)(=O)c1c(C)nn(C(C)(C)C)c1C. The van der Waals surface area contributed by atoms with E-state index in [1.54, 1.807) is 18.3 Å². The van der Waals surface area contributed by atoms with E-state index >= 15 is 0 Å². The molecule has 1 unspecified atom stereocenters. The maximum Gasteiger partial charge on any atom is 0.247 e. The summed E-state index contributed by atoms with van der Waals surface area (Å²) in [5.41, 5.74) is 2.03. The molecule has 0 amide bonds. The van der Waals surface area contributed by atoms with Crippen LogP contribution in [-0.2, 0) is 22.0 Å². The van der Waals surface area contributed by atoms with Gasteiger partial charge in [-0.25, -0.2) is 8.42 Å². The van der Waals surface area contributed by atoms with E-state index in [4.69, 9.17) is 4.74 Å². The molecule has 2 aromatic rings. The van der Waals surface area contributed by atoms with Gasteiger partial charge >= 0.3 is 0 Å². The molecular weight excluding hydrogens is 374 g/mol. The third-order valence-electron chi connectivity index (χ3n) is 5.40. The lowest BCUT2D eigenvalue weighted by atomic mass is 10.0. The summed E-state index contributed by atoms with van der Waals surface area (Å²) in [6.07, 6.45) is 2.36. The van der Waals surface area contributed by atoms with Crippen molar-refractivity contribution < 1.29 is 13.2 Å². The van der Waals surface area contributed by atoms with Gasteiger partial charge in [0.25, 0.3) is 0 Å². The molecule has 6 nitrogen and oxygen atoms in total. The molecule has 1 fully saturated rings. The maximum absolute atomic E-state index is 13.6. The average molecular weight is 406 g/mol. The van der Waals surface area contributed by atoms with Crippen LogP contribution in [-0.4, -0.2) is 42.2 Å². The number of ether oxygens (including phenoxy) is 1. The monoisotopic (exact) mass is 405 g/mol. The van der Waals surface area contributed by atoms with Gasteiger partial charge in [0.05, 0.1) is 24.0 Å². The normalized spacial score (nSPS) is 18.6. The molecule has 0 saturated carbocycles. The fourth-order valence-electron chi connectivity index (χ4n) is 4.23. The average Bonchev–Trinajstić information content (AvgIpc) is 3.19. The van der Waals surface area contributed by atoms with E-state index in [0.717, 1.165) is 24.2 Å². The van der Waals surface area contributed by atoms with Crippen LogP contribution in [0.2, 0.25) is 0 Å². The Bertz CT molecular complexity index is 958. The number of sulfonamides is 1. The molecule has 0 spiro atoms. The Balaban J connectivity index is 1.97. The van der Waals surface area contributed by atoms with Gasteiger partial charge in [0, 0.05) is 12.6 Å². The third kappa shape index (κ3) is 3.70. The number of rotatable bonds is 5. The maximum atomic E-state index is 13.6. The standard InChI is InChI=1S/C21H31N3O3S/c1-15-20(16(2)24(22-15)21(3,4)5)28(25,26)23-13-9-11-18(23)14-17-10-7-8-12-19(17)27-6/h7-8,10,12,18H,9,11,13-14H2,1-6H3. The summed E-state index contributed by atoms with van der Waals surface area (Å²) in [5, 5.41) is 4.55. The van der Waals surface area contributed by atoms with E-state index in [2.05, 4.69) is 5.10 Å². The number of hydrogen-bond donors (Lipinski definition) is 0. The predicted molar refractivity (Wildman–Crippen MR) is 110 cm³/mol. The lowest BCUT2D eigenvalue weighted by molar-refractivity contribution is 0.345. The summed E-state index contributed by atoms with van der Waals surface area (Å²) in [4.78, 5) is 0.356. The summed E-state index contributed by atoms with van der Waals surface area (Å²) in [6, 6.07) is 7.76. The first-order valence-corrected chi connectivity index (χ1v) is 11.2. The number of aromatic nitrogens is 2. The Labute approximate surface area is 168 Å². The Morgan fingerprint density at radius 3 is 2.50 bits per heavy atom. The molecule has 1 aromatic heterocycles. The van der Waals surface area contributed by atoms with E-state index in [1.165, 1.54) is 0 Å². The minimum Gasteiger partial charge on any atom is -0.496 e. The van der Waals surface area contributed by atoms with Crippen molar-refractivity contribution in [3.05, 3.63) is 41.2 Å². The van der Waals surface area contributed by atoms with Gasteiger partial charge in [-0.2, -0.15) is 9.40 Å². The molecule has 0 aliphatic carbocycles. The highest BCUT2D eigenvalue weighted by molar-refractivity contribution is 7.89. The van der Waals surface area contributed by atoms with Crippen LogP contribution in [0.4, 0.5) is 0 Å². The van der Waals surface area contributed by atoms with E-state index < -0.39 is 10.0 Å². The van der Waals surface area contributed by atoms with Gasteiger partial charge in [0.2, 0.25) is 10.0 Å². The zero-order chi connectivity index (χ0) is 20.7. The van der Waals surface area contributed by atoms with Crippen LogP contribution in [0.3, 0.4) is 0 Å². The third-order valence-corrected chi connectivity index (χ3v) is 7.60. The van der Waals surface area contributed by atoms with Gasteiger partial charge in [-0.15, -0.1) is 0 Å². The van der Waals surface area contributed by atoms with Gasteiger partial charge < -0.3 is 4.74 Å². The van der Waals surface area contributed by atoms with Gasteiger partial charge in [-0.3, -0.25) is 4.68 Å². The molecular formula is C21H31N3O3S. The van der Waals surface area contributed by atoms with E-state index in [1.807, 2.05) is 56.6 Å². The van der Waals surface area contributed by atoms with Crippen LogP contribution >= 0.6 is 0 Å². The van der Waals surface area contributed by atoms with Gasteiger partial charge in [0.1, 0.15) is 10.6 Å². The highest BCUT2D eigenvalue weighted by atomic mass is 32.2. The van der Waals surface area contributed by atoms with Crippen LogP contribution < -0.4 is 4.74 Å². The van der Waals surface area contributed by atoms with Crippen molar-refractivity contribution in [1.82, 2.24) is 14.1 Å². The predicted octanol–water partition coefficient (Wildman–Crippen LogP) is 3.66. The van der Waals surface area contributed by atoms with Gasteiger partial charge in [-0.1, -0.05) is 18.2 Å². The molecule has 7 heteroatoms. The second kappa shape index (κ2) is 7.52. The summed E-state index contributed by atoms with van der Waals surface area (Å²) >= 11 is 0. The van der Waals surface area contributed by atoms with Crippen LogP contribution in [0, 0.1) is 13.8 Å². The minimum absolute atomic E-state index is 0.0712. The zero-order valence-electron chi connectivity index (χ0n) is 17.7. The van der Waals surface area contributed by atoms with Crippen LogP contribution in [0.15, 0.2) is 29.2 Å². The molecule has 0 N–H and O–H groups in total. The molecule has 1 atom stereocenters. The van der Waals surface area contributed by atoms with Crippen molar-refractivity contribution in [1.29, 1.82) is 0 Å².